The lowest BCUT2D eigenvalue weighted by Gasteiger charge is -2.15. The molecule has 0 heterocycles. The van der Waals surface area contributed by atoms with E-state index < -0.39 is 6.04 Å². The van der Waals surface area contributed by atoms with Gasteiger partial charge in [-0.2, -0.15) is 0 Å². The van der Waals surface area contributed by atoms with Gasteiger partial charge in [0.05, 0.1) is 10.5 Å². The summed E-state index contributed by atoms with van der Waals surface area (Å²) in [4.78, 5) is 0. The van der Waals surface area contributed by atoms with Crippen LogP contribution in [0.3, 0.4) is 0 Å². The number of rotatable bonds is 2. The van der Waals surface area contributed by atoms with Crippen molar-refractivity contribution in [3.8, 4) is 0 Å². The van der Waals surface area contributed by atoms with Crippen molar-refractivity contribution in [1.82, 2.24) is 0 Å². The number of nitrogens with two attached hydrogens (primary N) is 1. The molecule has 0 saturated carbocycles. The van der Waals surface area contributed by atoms with E-state index in [1.54, 1.807) is 37.3 Å². The maximum Gasteiger partial charge on any atom is 0.142 e. The Hall–Kier alpha value is -1.26. The number of hydrogen-bond donors (Lipinski definition) is 1. The molecular formula is C14H12BrF2N. The first-order valence-electron chi connectivity index (χ1n) is 5.46. The zero-order valence-electron chi connectivity index (χ0n) is 9.75. The number of benzene rings is 2. The number of aryl methyl sites for hydroxylation is 1. The molecule has 2 aromatic rings. The van der Waals surface area contributed by atoms with Crippen molar-refractivity contribution >= 4 is 15.9 Å². The van der Waals surface area contributed by atoms with E-state index in [1.165, 1.54) is 6.07 Å². The van der Waals surface area contributed by atoms with Gasteiger partial charge in [-0.15, -0.1) is 0 Å². The van der Waals surface area contributed by atoms with Crippen LogP contribution in [0.5, 0.6) is 0 Å². The van der Waals surface area contributed by atoms with Crippen LogP contribution in [0, 0.1) is 18.6 Å². The predicted molar refractivity (Wildman–Crippen MR) is 71.3 cm³/mol. The molecule has 2 N–H and O–H groups in total. The Morgan fingerprint density at radius 1 is 1.17 bits per heavy atom. The standard InChI is InChI=1S/C14H12BrF2N/c1-8-7-9(5-6-12(8)16)14(18)10-3-2-4-11(15)13(10)17/h2-7,14H,18H2,1H3. The molecule has 0 saturated heterocycles. The fourth-order valence-electron chi connectivity index (χ4n) is 1.80. The first-order chi connectivity index (χ1) is 8.50. The highest BCUT2D eigenvalue weighted by Gasteiger charge is 2.16. The first kappa shape index (κ1) is 13.2. The van der Waals surface area contributed by atoms with Gasteiger partial charge in [-0.25, -0.2) is 8.78 Å². The molecule has 0 amide bonds. The molecule has 1 atom stereocenters. The van der Waals surface area contributed by atoms with Gasteiger partial charge in [-0.05, 0) is 46.1 Å². The van der Waals surface area contributed by atoms with Crippen molar-refractivity contribution in [2.75, 3.05) is 0 Å². The summed E-state index contributed by atoms with van der Waals surface area (Å²) in [6, 6.07) is 8.92. The van der Waals surface area contributed by atoms with Crippen LogP contribution in [0.2, 0.25) is 0 Å². The Kier molecular flexibility index (Phi) is 3.78. The highest BCUT2D eigenvalue weighted by atomic mass is 79.9. The van der Waals surface area contributed by atoms with Gasteiger partial charge in [0.25, 0.3) is 0 Å². The molecule has 94 valence electrons. The minimum Gasteiger partial charge on any atom is -0.320 e. The summed E-state index contributed by atoms with van der Waals surface area (Å²) in [7, 11) is 0. The maximum absolute atomic E-state index is 13.9. The lowest BCUT2D eigenvalue weighted by atomic mass is 9.97. The van der Waals surface area contributed by atoms with Gasteiger partial charge in [0.2, 0.25) is 0 Å². The van der Waals surface area contributed by atoms with Crippen molar-refractivity contribution in [2.45, 2.75) is 13.0 Å². The van der Waals surface area contributed by atoms with Crippen LogP contribution >= 0.6 is 15.9 Å². The summed E-state index contributed by atoms with van der Waals surface area (Å²) in [6.07, 6.45) is 0. The second-order valence-corrected chi connectivity index (χ2v) is 4.98. The Bertz CT molecular complexity index is 584. The maximum atomic E-state index is 13.9. The fourth-order valence-corrected chi connectivity index (χ4v) is 2.18. The Morgan fingerprint density at radius 2 is 1.89 bits per heavy atom. The molecule has 0 aliphatic heterocycles. The van der Waals surface area contributed by atoms with Gasteiger partial charge in [0.15, 0.2) is 0 Å². The van der Waals surface area contributed by atoms with Gasteiger partial charge >= 0.3 is 0 Å². The molecule has 2 rings (SSSR count). The minimum atomic E-state index is -0.609. The van der Waals surface area contributed by atoms with Crippen molar-refractivity contribution < 1.29 is 8.78 Å². The smallest absolute Gasteiger partial charge is 0.142 e. The first-order valence-corrected chi connectivity index (χ1v) is 6.25. The van der Waals surface area contributed by atoms with E-state index in [0.717, 1.165) is 0 Å². The lowest BCUT2D eigenvalue weighted by Crippen LogP contribution is -2.14. The van der Waals surface area contributed by atoms with E-state index in [0.29, 0.717) is 21.2 Å². The summed E-state index contributed by atoms with van der Waals surface area (Å²) in [6.45, 7) is 1.66. The third-order valence-electron chi connectivity index (χ3n) is 2.86. The number of hydrogen-bond acceptors (Lipinski definition) is 1. The third kappa shape index (κ3) is 2.44. The zero-order chi connectivity index (χ0) is 13.3. The fraction of sp³-hybridized carbons (Fsp3) is 0.143. The van der Waals surface area contributed by atoms with Crippen LogP contribution in [-0.2, 0) is 0 Å². The molecule has 18 heavy (non-hydrogen) atoms. The van der Waals surface area contributed by atoms with Gasteiger partial charge in [-0.1, -0.05) is 24.3 Å². The highest BCUT2D eigenvalue weighted by molar-refractivity contribution is 9.10. The molecule has 0 bridgehead atoms. The molecule has 1 unspecified atom stereocenters. The van der Waals surface area contributed by atoms with Crippen LogP contribution < -0.4 is 5.73 Å². The topological polar surface area (TPSA) is 26.0 Å². The minimum absolute atomic E-state index is 0.291. The molecule has 2 aromatic carbocycles. The summed E-state index contributed by atoms with van der Waals surface area (Å²) < 4.78 is 27.5. The second kappa shape index (κ2) is 5.16. The van der Waals surface area contributed by atoms with E-state index in [1.807, 2.05) is 0 Å². The molecule has 0 aliphatic carbocycles. The average Bonchev–Trinajstić information content (AvgIpc) is 2.35. The van der Waals surface area contributed by atoms with E-state index >= 15 is 0 Å². The van der Waals surface area contributed by atoms with Crippen molar-refractivity contribution in [1.29, 1.82) is 0 Å². The van der Waals surface area contributed by atoms with Crippen molar-refractivity contribution in [3.05, 3.63) is 69.2 Å². The van der Waals surface area contributed by atoms with Gasteiger partial charge in [0, 0.05) is 5.56 Å². The van der Waals surface area contributed by atoms with E-state index in [-0.39, 0.29) is 11.6 Å². The van der Waals surface area contributed by atoms with Crippen LogP contribution in [0.1, 0.15) is 22.7 Å². The highest BCUT2D eigenvalue weighted by Crippen LogP contribution is 2.27. The monoisotopic (exact) mass is 311 g/mol. The van der Waals surface area contributed by atoms with E-state index in [9.17, 15) is 8.78 Å². The van der Waals surface area contributed by atoms with Gasteiger partial charge in [-0.3, -0.25) is 0 Å². The third-order valence-corrected chi connectivity index (χ3v) is 3.47. The molecule has 0 spiro atoms. The van der Waals surface area contributed by atoms with Crippen molar-refractivity contribution in [2.24, 2.45) is 5.73 Å². The molecule has 1 nitrogen and oxygen atoms in total. The Balaban J connectivity index is 2.44. The molecule has 0 aliphatic rings. The summed E-state index contributed by atoms with van der Waals surface area (Å²) in [5.74, 6) is -0.673. The Morgan fingerprint density at radius 3 is 2.56 bits per heavy atom. The Labute approximate surface area is 113 Å². The predicted octanol–water partition coefficient (Wildman–Crippen LogP) is 4.08. The van der Waals surface area contributed by atoms with Crippen LogP contribution in [0.4, 0.5) is 8.78 Å². The van der Waals surface area contributed by atoms with Crippen molar-refractivity contribution in [3.63, 3.8) is 0 Å². The summed E-state index contributed by atoms with van der Waals surface area (Å²) in [5.41, 5.74) is 7.59. The molecule has 4 heteroatoms. The van der Waals surface area contributed by atoms with E-state index in [4.69, 9.17) is 5.73 Å². The van der Waals surface area contributed by atoms with E-state index in [2.05, 4.69) is 15.9 Å². The molecular weight excluding hydrogens is 300 g/mol. The SMILES string of the molecule is Cc1cc(C(N)c2cccc(Br)c2F)ccc1F. The van der Waals surface area contributed by atoms with Gasteiger partial charge in [0.1, 0.15) is 11.6 Å². The summed E-state index contributed by atoms with van der Waals surface area (Å²) in [5, 5.41) is 0. The van der Waals surface area contributed by atoms with Crippen LogP contribution in [0.25, 0.3) is 0 Å². The largest absolute Gasteiger partial charge is 0.320 e. The molecule has 0 radical (unpaired) electrons. The summed E-state index contributed by atoms with van der Waals surface area (Å²) >= 11 is 3.12. The molecule has 0 fully saturated rings. The van der Waals surface area contributed by atoms with Crippen LogP contribution in [0.15, 0.2) is 40.9 Å². The zero-order valence-corrected chi connectivity index (χ0v) is 11.3. The van der Waals surface area contributed by atoms with Gasteiger partial charge < -0.3 is 5.73 Å². The number of halogens is 3. The quantitative estimate of drug-likeness (QED) is 0.888. The van der Waals surface area contributed by atoms with Crippen LogP contribution in [-0.4, -0.2) is 0 Å². The second-order valence-electron chi connectivity index (χ2n) is 4.13. The lowest BCUT2D eigenvalue weighted by molar-refractivity contribution is 0.592. The average molecular weight is 312 g/mol. The normalized spacial score (nSPS) is 12.5. The molecule has 0 aromatic heterocycles.